The third-order valence-corrected chi connectivity index (χ3v) is 7.78. The van der Waals surface area contributed by atoms with Crippen molar-refractivity contribution in [2.45, 2.75) is 32.9 Å². The van der Waals surface area contributed by atoms with Crippen molar-refractivity contribution in [1.29, 1.82) is 0 Å². The zero-order valence-corrected chi connectivity index (χ0v) is 18.2. The molecule has 0 saturated carbocycles. The van der Waals surface area contributed by atoms with Crippen LogP contribution in [0.4, 0.5) is 4.39 Å². The first-order chi connectivity index (χ1) is 14.2. The summed E-state index contributed by atoms with van der Waals surface area (Å²) >= 11 is 6.23. The van der Waals surface area contributed by atoms with Gasteiger partial charge in [-0.05, 0) is 44.0 Å². The van der Waals surface area contributed by atoms with E-state index in [0.717, 1.165) is 10.9 Å². The molecule has 1 saturated heterocycles. The number of nitrogens with zero attached hydrogens (tertiary/aromatic N) is 1. The Labute approximate surface area is 179 Å². The normalized spacial score (nSPS) is 18.1. The molecule has 0 radical (unpaired) electrons. The van der Waals surface area contributed by atoms with Crippen LogP contribution in [0.1, 0.15) is 33.7 Å². The highest BCUT2D eigenvalue weighted by Gasteiger charge is 2.37. The van der Waals surface area contributed by atoms with E-state index in [1.165, 1.54) is 11.0 Å². The molecule has 0 unspecified atom stereocenters. The number of hydrogen-bond donors (Lipinski definition) is 0. The van der Waals surface area contributed by atoms with Gasteiger partial charge < -0.3 is 9.32 Å². The van der Waals surface area contributed by atoms with Gasteiger partial charge in [0.2, 0.25) is 0 Å². The maximum absolute atomic E-state index is 14.3. The van der Waals surface area contributed by atoms with Gasteiger partial charge >= 0.3 is 0 Å². The molecule has 0 bridgehead atoms. The number of carbonyl (C=O) groups is 1. The molecule has 2 aromatic carbocycles. The van der Waals surface area contributed by atoms with Crippen molar-refractivity contribution in [3.8, 4) is 0 Å². The Morgan fingerprint density at radius 3 is 2.67 bits per heavy atom. The van der Waals surface area contributed by atoms with Crippen LogP contribution in [0.3, 0.4) is 0 Å². The van der Waals surface area contributed by atoms with Gasteiger partial charge in [-0.2, -0.15) is 0 Å². The predicted octanol–water partition coefficient (Wildman–Crippen LogP) is 4.67. The van der Waals surface area contributed by atoms with Crippen LogP contribution >= 0.6 is 11.6 Å². The number of furan rings is 1. The first-order valence-corrected chi connectivity index (χ1v) is 11.8. The Bertz CT molecular complexity index is 1250. The summed E-state index contributed by atoms with van der Waals surface area (Å²) in [5, 5.41) is 1.29. The number of sulfone groups is 1. The zero-order valence-electron chi connectivity index (χ0n) is 16.6. The van der Waals surface area contributed by atoms with Crippen molar-refractivity contribution in [1.82, 2.24) is 4.90 Å². The van der Waals surface area contributed by atoms with E-state index in [0.29, 0.717) is 28.2 Å². The molecule has 4 rings (SSSR count). The minimum atomic E-state index is -3.24. The fourth-order valence-corrected chi connectivity index (χ4v) is 5.77. The van der Waals surface area contributed by atoms with E-state index in [-0.39, 0.29) is 23.8 Å². The maximum atomic E-state index is 14.3. The molecule has 0 aliphatic carbocycles. The third kappa shape index (κ3) is 3.84. The van der Waals surface area contributed by atoms with Gasteiger partial charge in [0.1, 0.15) is 11.4 Å². The molecular formula is C22H21ClFNO4S. The number of halogens is 2. The summed E-state index contributed by atoms with van der Waals surface area (Å²) in [4.78, 5) is 14.9. The topological polar surface area (TPSA) is 67.6 Å². The van der Waals surface area contributed by atoms with E-state index in [1.807, 2.05) is 6.92 Å². The molecule has 8 heteroatoms. The number of benzene rings is 2. The first-order valence-electron chi connectivity index (χ1n) is 9.60. The number of hydrogen-bond acceptors (Lipinski definition) is 4. The summed E-state index contributed by atoms with van der Waals surface area (Å²) < 4.78 is 44.3. The molecule has 5 nitrogen and oxygen atoms in total. The smallest absolute Gasteiger partial charge is 0.290 e. The number of carbonyl (C=O) groups excluding carboxylic acids is 1. The van der Waals surface area contributed by atoms with E-state index in [9.17, 15) is 17.6 Å². The summed E-state index contributed by atoms with van der Waals surface area (Å²) in [5.74, 6) is -0.917. The van der Waals surface area contributed by atoms with E-state index in [4.69, 9.17) is 16.0 Å². The molecule has 1 aliphatic heterocycles. The molecule has 3 aromatic rings. The lowest BCUT2D eigenvalue weighted by Crippen LogP contribution is -2.41. The molecule has 0 spiro atoms. The molecule has 1 aromatic heterocycles. The van der Waals surface area contributed by atoms with Crippen molar-refractivity contribution in [2.75, 3.05) is 11.5 Å². The molecule has 0 N–H and O–H groups in total. The molecule has 30 heavy (non-hydrogen) atoms. The Morgan fingerprint density at radius 1 is 1.27 bits per heavy atom. The Morgan fingerprint density at radius 2 is 2.00 bits per heavy atom. The maximum Gasteiger partial charge on any atom is 0.290 e. The van der Waals surface area contributed by atoms with Crippen LogP contribution < -0.4 is 0 Å². The predicted molar refractivity (Wildman–Crippen MR) is 114 cm³/mol. The lowest BCUT2D eigenvalue weighted by molar-refractivity contribution is 0.0647. The van der Waals surface area contributed by atoms with Crippen LogP contribution in [0.15, 0.2) is 40.8 Å². The molecule has 158 valence electrons. The van der Waals surface area contributed by atoms with Crippen molar-refractivity contribution in [3.63, 3.8) is 0 Å². The van der Waals surface area contributed by atoms with E-state index in [1.54, 1.807) is 37.3 Å². The molecule has 2 heterocycles. The Hall–Kier alpha value is -2.38. The van der Waals surface area contributed by atoms with Gasteiger partial charge in [-0.25, -0.2) is 12.8 Å². The van der Waals surface area contributed by atoms with Crippen LogP contribution in [0.5, 0.6) is 0 Å². The Balaban J connectivity index is 1.77. The van der Waals surface area contributed by atoms with E-state index in [2.05, 4.69) is 0 Å². The van der Waals surface area contributed by atoms with Crippen LogP contribution in [0, 0.1) is 19.7 Å². The largest absolute Gasteiger partial charge is 0.451 e. The first kappa shape index (κ1) is 20.9. The third-order valence-electron chi connectivity index (χ3n) is 5.62. The van der Waals surface area contributed by atoms with E-state index >= 15 is 0 Å². The second-order valence-corrected chi connectivity index (χ2v) is 10.4. The molecule has 1 aliphatic rings. The zero-order chi connectivity index (χ0) is 21.6. The summed E-state index contributed by atoms with van der Waals surface area (Å²) in [7, 11) is -3.24. The Kier molecular flexibility index (Phi) is 5.36. The van der Waals surface area contributed by atoms with Crippen molar-refractivity contribution in [2.24, 2.45) is 0 Å². The molecule has 1 atom stereocenters. The van der Waals surface area contributed by atoms with Crippen LogP contribution in [0.2, 0.25) is 5.02 Å². The summed E-state index contributed by atoms with van der Waals surface area (Å²) in [6.07, 6.45) is 0.312. The average molecular weight is 450 g/mol. The minimum absolute atomic E-state index is 0.00658. The number of rotatable bonds is 4. The van der Waals surface area contributed by atoms with Crippen LogP contribution in [-0.4, -0.2) is 36.8 Å². The summed E-state index contributed by atoms with van der Waals surface area (Å²) in [6, 6.07) is 9.14. The van der Waals surface area contributed by atoms with Gasteiger partial charge in [0.25, 0.3) is 5.91 Å². The van der Waals surface area contributed by atoms with Crippen LogP contribution in [0.25, 0.3) is 11.0 Å². The minimum Gasteiger partial charge on any atom is -0.451 e. The fraction of sp³-hybridized carbons (Fsp3) is 0.318. The second-order valence-electron chi connectivity index (χ2n) is 7.74. The summed E-state index contributed by atoms with van der Waals surface area (Å²) in [5.41, 5.74) is 2.30. The number of aryl methyl sites for hydroxylation is 2. The monoisotopic (exact) mass is 449 g/mol. The van der Waals surface area contributed by atoms with Crippen molar-refractivity contribution in [3.05, 3.63) is 69.7 Å². The molecule has 1 amide bonds. The standard InChI is InChI=1S/C22H21ClFNO4S/c1-13-9-20-17(10-18(13)23)14(2)21(29-20)22(26)25(16-7-8-30(27,28)12-16)11-15-5-3-4-6-19(15)24/h3-6,9-10,16H,7-8,11-12H2,1-2H3/t16-/m0/s1. The summed E-state index contributed by atoms with van der Waals surface area (Å²) in [6.45, 7) is 3.56. The van der Waals surface area contributed by atoms with E-state index < -0.39 is 27.6 Å². The molecular weight excluding hydrogens is 429 g/mol. The lowest BCUT2D eigenvalue weighted by Gasteiger charge is -2.28. The van der Waals surface area contributed by atoms with Crippen molar-refractivity contribution >= 4 is 38.3 Å². The number of amides is 1. The van der Waals surface area contributed by atoms with Gasteiger partial charge in [-0.15, -0.1) is 0 Å². The van der Waals surface area contributed by atoms with Gasteiger partial charge in [0, 0.05) is 34.1 Å². The SMILES string of the molecule is Cc1cc2oc(C(=O)N(Cc3ccccc3F)[C@H]3CCS(=O)(=O)C3)c(C)c2cc1Cl. The highest BCUT2D eigenvalue weighted by atomic mass is 35.5. The highest BCUT2D eigenvalue weighted by molar-refractivity contribution is 7.91. The quantitative estimate of drug-likeness (QED) is 0.580. The average Bonchev–Trinajstić information content (AvgIpc) is 3.20. The van der Waals surface area contributed by atoms with Crippen molar-refractivity contribution < 1.29 is 22.0 Å². The highest BCUT2D eigenvalue weighted by Crippen LogP contribution is 2.32. The van der Waals surface area contributed by atoms with Gasteiger partial charge in [-0.3, -0.25) is 4.79 Å². The fourth-order valence-electron chi connectivity index (χ4n) is 3.87. The second kappa shape index (κ2) is 7.71. The van der Waals surface area contributed by atoms with Crippen LogP contribution in [-0.2, 0) is 16.4 Å². The van der Waals surface area contributed by atoms with Gasteiger partial charge in [0.15, 0.2) is 15.6 Å². The van der Waals surface area contributed by atoms with Gasteiger partial charge in [-0.1, -0.05) is 29.8 Å². The van der Waals surface area contributed by atoms with Gasteiger partial charge in [0.05, 0.1) is 11.5 Å². The number of fused-ring (bicyclic) bond motifs is 1. The lowest BCUT2D eigenvalue weighted by atomic mass is 10.1. The molecule has 1 fully saturated rings.